The van der Waals surface area contributed by atoms with Crippen molar-refractivity contribution in [2.45, 2.75) is 6.67 Å². The second-order valence-corrected chi connectivity index (χ2v) is 7.92. The molecule has 152 valence electrons. The van der Waals surface area contributed by atoms with Crippen molar-refractivity contribution in [1.82, 2.24) is 19.2 Å². The number of hydrogen-bond donors (Lipinski definition) is 0. The lowest BCUT2D eigenvalue weighted by atomic mass is 10.2. The van der Waals surface area contributed by atoms with Gasteiger partial charge in [0.05, 0.1) is 13.8 Å². The lowest BCUT2D eigenvalue weighted by Gasteiger charge is -2.35. The Hall–Kier alpha value is -2.35. The maximum absolute atomic E-state index is 6.13. The van der Waals surface area contributed by atoms with Crippen LogP contribution in [0.2, 0.25) is 5.02 Å². The summed E-state index contributed by atoms with van der Waals surface area (Å²) < 4.78 is 9.82. The fourth-order valence-corrected chi connectivity index (χ4v) is 3.95. The third kappa shape index (κ3) is 4.32. The van der Waals surface area contributed by atoms with Crippen molar-refractivity contribution in [3.8, 4) is 17.1 Å². The molecule has 0 N–H and O–H groups in total. The molecule has 0 aliphatic carbocycles. The van der Waals surface area contributed by atoms with E-state index in [1.54, 1.807) is 7.11 Å². The van der Waals surface area contributed by atoms with E-state index in [1.807, 2.05) is 58.8 Å². The maximum Gasteiger partial charge on any atom is 0.199 e. The van der Waals surface area contributed by atoms with Gasteiger partial charge in [-0.05, 0) is 54.7 Å². The Balaban J connectivity index is 1.44. The standard InChI is InChI=1S/C21H24ClN5OS/c1-24-20(16-6-8-19(28-2)9-7-16)23-27(21(24)29)15-25-10-12-26(13-11-25)18-5-3-4-17(22)14-18/h3-9,14H,10-13,15H2,1-2H3. The minimum Gasteiger partial charge on any atom is -0.497 e. The van der Waals surface area contributed by atoms with E-state index in [-0.39, 0.29) is 0 Å². The fourth-order valence-electron chi connectivity index (χ4n) is 3.58. The van der Waals surface area contributed by atoms with Gasteiger partial charge in [0.1, 0.15) is 5.75 Å². The maximum atomic E-state index is 6.13. The van der Waals surface area contributed by atoms with Crippen LogP contribution in [-0.4, -0.2) is 52.5 Å². The number of methoxy groups -OCH3 is 1. The molecule has 1 aliphatic rings. The highest BCUT2D eigenvalue weighted by molar-refractivity contribution is 7.71. The first-order chi connectivity index (χ1) is 14.0. The summed E-state index contributed by atoms with van der Waals surface area (Å²) in [6.45, 7) is 4.48. The number of benzene rings is 2. The van der Waals surface area contributed by atoms with Crippen molar-refractivity contribution in [2.75, 3.05) is 38.2 Å². The third-order valence-electron chi connectivity index (χ3n) is 5.27. The molecule has 2 aromatic carbocycles. The fraction of sp³-hybridized carbons (Fsp3) is 0.333. The number of halogens is 1. The van der Waals surface area contributed by atoms with E-state index in [0.717, 1.165) is 48.3 Å². The molecule has 1 fully saturated rings. The van der Waals surface area contributed by atoms with Crippen molar-refractivity contribution in [3.05, 3.63) is 58.3 Å². The molecule has 0 radical (unpaired) electrons. The van der Waals surface area contributed by atoms with Crippen molar-refractivity contribution in [2.24, 2.45) is 7.05 Å². The average molecular weight is 430 g/mol. The molecule has 0 atom stereocenters. The van der Waals surface area contributed by atoms with E-state index in [9.17, 15) is 0 Å². The Bertz CT molecular complexity index is 1040. The van der Waals surface area contributed by atoms with Crippen molar-refractivity contribution in [1.29, 1.82) is 0 Å². The van der Waals surface area contributed by atoms with Crippen LogP contribution in [0.1, 0.15) is 0 Å². The summed E-state index contributed by atoms with van der Waals surface area (Å²) in [5.41, 5.74) is 2.19. The van der Waals surface area contributed by atoms with Gasteiger partial charge in [-0.1, -0.05) is 17.7 Å². The van der Waals surface area contributed by atoms with E-state index >= 15 is 0 Å². The molecular weight excluding hydrogens is 406 g/mol. The quantitative estimate of drug-likeness (QED) is 0.572. The molecular formula is C21H24ClN5OS. The Morgan fingerprint density at radius 2 is 1.79 bits per heavy atom. The van der Waals surface area contributed by atoms with Gasteiger partial charge in [0, 0.05) is 49.5 Å². The molecule has 0 unspecified atom stereocenters. The van der Waals surface area contributed by atoms with E-state index in [4.69, 9.17) is 33.7 Å². The minimum atomic E-state index is 0.687. The van der Waals surface area contributed by atoms with Crippen LogP contribution < -0.4 is 9.64 Å². The van der Waals surface area contributed by atoms with Gasteiger partial charge in [-0.2, -0.15) is 5.10 Å². The van der Waals surface area contributed by atoms with E-state index in [1.165, 1.54) is 5.69 Å². The normalized spacial score (nSPS) is 14.9. The van der Waals surface area contributed by atoms with Crippen LogP contribution in [-0.2, 0) is 13.7 Å². The number of piperazine rings is 1. The lowest BCUT2D eigenvalue weighted by molar-refractivity contribution is 0.194. The van der Waals surface area contributed by atoms with Crippen LogP contribution in [0.4, 0.5) is 5.69 Å². The summed E-state index contributed by atoms with van der Waals surface area (Å²) in [6, 6.07) is 15.9. The molecule has 3 aromatic rings. The van der Waals surface area contributed by atoms with E-state index < -0.39 is 0 Å². The monoisotopic (exact) mass is 429 g/mol. The molecule has 1 aliphatic heterocycles. The lowest BCUT2D eigenvalue weighted by Crippen LogP contribution is -2.47. The zero-order valence-electron chi connectivity index (χ0n) is 16.6. The minimum absolute atomic E-state index is 0.687. The second kappa shape index (κ2) is 8.57. The van der Waals surface area contributed by atoms with Crippen LogP contribution in [0.25, 0.3) is 11.4 Å². The first kappa shape index (κ1) is 19.9. The molecule has 6 nitrogen and oxygen atoms in total. The molecule has 29 heavy (non-hydrogen) atoms. The van der Waals surface area contributed by atoms with E-state index in [2.05, 4.69) is 15.9 Å². The number of aromatic nitrogens is 3. The Morgan fingerprint density at radius 3 is 2.45 bits per heavy atom. The summed E-state index contributed by atoms with van der Waals surface area (Å²) in [5.74, 6) is 1.68. The van der Waals surface area contributed by atoms with Gasteiger partial charge in [0.15, 0.2) is 10.6 Å². The zero-order valence-corrected chi connectivity index (χ0v) is 18.2. The zero-order chi connectivity index (χ0) is 20.4. The number of ether oxygens (including phenoxy) is 1. The number of rotatable bonds is 5. The van der Waals surface area contributed by atoms with E-state index in [0.29, 0.717) is 11.4 Å². The summed E-state index contributed by atoms with van der Waals surface area (Å²) in [6.07, 6.45) is 0. The highest BCUT2D eigenvalue weighted by Crippen LogP contribution is 2.22. The van der Waals surface area contributed by atoms with Crippen molar-refractivity contribution < 1.29 is 4.74 Å². The Morgan fingerprint density at radius 1 is 1.07 bits per heavy atom. The van der Waals surface area contributed by atoms with Gasteiger partial charge in [-0.15, -0.1) is 0 Å². The van der Waals surface area contributed by atoms with Gasteiger partial charge in [0.2, 0.25) is 0 Å². The van der Waals surface area contributed by atoms with Crippen LogP contribution in [0.3, 0.4) is 0 Å². The largest absolute Gasteiger partial charge is 0.497 e. The second-order valence-electron chi connectivity index (χ2n) is 7.12. The average Bonchev–Trinajstić information content (AvgIpc) is 3.03. The highest BCUT2D eigenvalue weighted by atomic mass is 35.5. The molecule has 1 saturated heterocycles. The number of hydrogen-bond acceptors (Lipinski definition) is 5. The first-order valence-corrected chi connectivity index (χ1v) is 10.3. The van der Waals surface area contributed by atoms with Crippen LogP contribution in [0, 0.1) is 4.77 Å². The van der Waals surface area contributed by atoms with Gasteiger partial charge in [0.25, 0.3) is 0 Å². The van der Waals surface area contributed by atoms with Gasteiger partial charge >= 0.3 is 0 Å². The molecule has 0 saturated carbocycles. The van der Waals surface area contributed by atoms with Crippen molar-refractivity contribution in [3.63, 3.8) is 0 Å². The van der Waals surface area contributed by atoms with Crippen LogP contribution >= 0.6 is 23.8 Å². The topological polar surface area (TPSA) is 38.5 Å². The summed E-state index contributed by atoms with van der Waals surface area (Å²) in [7, 11) is 3.62. The molecule has 0 amide bonds. The number of nitrogens with zero attached hydrogens (tertiary/aromatic N) is 5. The highest BCUT2D eigenvalue weighted by Gasteiger charge is 2.19. The van der Waals surface area contributed by atoms with Crippen LogP contribution in [0.5, 0.6) is 5.75 Å². The summed E-state index contributed by atoms with van der Waals surface area (Å²) in [4.78, 5) is 4.74. The predicted octanol–water partition coefficient (Wildman–Crippen LogP) is 4.06. The molecule has 4 rings (SSSR count). The van der Waals surface area contributed by atoms with Crippen molar-refractivity contribution >= 4 is 29.5 Å². The summed E-state index contributed by atoms with van der Waals surface area (Å²) in [5, 5.41) is 5.55. The number of anilines is 1. The van der Waals surface area contributed by atoms with Gasteiger partial charge in [-0.3, -0.25) is 4.90 Å². The summed E-state index contributed by atoms with van der Waals surface area (Å²) >= 11 is 11.8. The Kier molecular flexibility index (Phi) is 5.89. The molecule has 8 heteroatoms. The van der Waals surface area contributed by atoms with Gasteiger partial charge < -0.3 is 14.2 Å². The predicted molar refractivity (Wildman–Crippen MR) is 119 cm³/mol. The SMILES string of the molecule is COc1ccc(-c2nn(CN3CCN(c4cccc(Cl)c4)CC3)c(=S)n2C)cc1. The third-order valence-corrected chi connectivity index (χ3v) is 5.99. The smallest absolute Gasteiger partial charge is 0.199 e. The first-order valence-electron chi connectivity index (χ1n) is 9.56. The Labute approximate surface area is 180 Å². The molecule has 2 heterocycles. The molecule has 0 bridgehead atoms. The molecule has 1 aromatic heterocycles. The van der Waals surface area contributed by atoms with Crippen LogP contribution in [0.15, 0.2) is 48.5 Å². The molecule has 0 spiro atoms. The van der Waals surface area contributed by atoms with Gasteiger partial charge in [-0.25, -0.2) is 4.68 Å².